The molecule has 0 aliphatic heterocycles. The van der Waals surface area contributed by atoms with Crippen molar-refractivity contribution < 1.29 is 9.90 Å². The van der Waals surface area contributed by atoms with Gasteiger partial charge in [0.15, 0.2) is 0 Å². The van der Waals surface area contributed by atoms with E-state index in [-0.39, 0.29) is 17.9 Å². The molecule has 116 valence electrons. The number of aliphatic hydroxyl groups is 1. The quantitative estimate of drug-likeness (QED) is 0.911. The molecule has 1 heterocycles. The van der Waals surface area contributed by atoms with E-state index in [0.29, 0.717) is 11.4 Å². The average Bonchev–Trinajstić information content (AvgIpc) is 3.12. The maximum atomic E-state index is 12.4. The maximum Gasteiger partial charge on any atom is 0.263 e. The fourth-order valence-corrected chi connectivity index (χ4v) is 3.86. The molecular formula is C17H20N2O2S. The summed E-state index contributed by atoms with van der Waals surface area (Å²) in [5, 5.41) is 13.6. The van der Waals surface area contributed by atoms with E-state index >= 15 is 0 Å². The number of thiazole rings is 1. The highest BCUT2D eigenvalue weighted by Gasteiger charge is 2.26. The summed E-state index contributed by atoms with van der Waals surface area (Å²) >= 11 is 1.42. The number of aromatic nitrogens is 1. The van der Waals surface area contributed by atoms with Crippen LogP contribution in [0.4, 0.5) is 0 Å². The van der Waals surface area contributed by atoms with E-state index in [2.05, 4.69) is 10.3 Å². The van der Waals surface area contributed by atoms with Gasteiger partial charge in [-0.15, -0.1) is 11.3 Å². The van der Waals surface area contributed by atoms with Gasteiger partial charge in [0.25, 0.3) is 5.91 Å². The molecule has 0 bridgehead atoms. The number of rotatable bonds is 4. The Bertz CT molecular complexity index is 654. The molecule has 1 aromatic heterocycles. The lowest BCUT2D eigenvalue weighted by atomic mass is 10.1. The Kier molecular flexibility index (Phi) is 4.55. The van der Waals surface area contributed by atoms with Crippen LogP contribution in [0.1, 0.15) is 34.6 Å². The van der Waals surface area contributed by atoms with E-state index in [4.69, 9.17) is 0 Å². The third-order valence-corrected chi connectivity index (χ3v) is 5.37. The maximum absolute atomic E-state index is 12.4. The summed E-state index contributed by atoms with van der Waals surface area (Å²) in [4.78, 5) is 17.5. The van der Waals surface area contributed by atoms with Crippen molar-refractivity contribution in [3.05, 3.63) is 40.9 Å². The molecule has 1 fully saturated rings. The third kappa shape index (κ3) is 3.20. The van der Waals surface area contributed by atoms with Crippen LogP contribution in [0.25, 0.3) is 10.6 Å². The molecule has 2 unspecified atom stereocenters. The minimum absolute atomic E-state index is 0.0868. The number of carbonyl (C=O) groups excluding carboxylic acids is 1. The van der Waals surface area contributed by atoms with Gasteiger partial charge in [0.1, 0.15) is 9.88 Å². The van der Waals surface area contributed by atoms with Gasteiger partial charge in [-0.1, -0.05) is 36.8 Å². The second-order valence-electron chi connectivity index (χ2n) is 5.77. The van der Waals surface area contributed by atoms with Crippen molar-refractivity contribution in [2.75, 3.05) is 6.54 Å². The van der Waals surface area contributed by atoms with E-state index in [1.807, 2.05) is 37.3 Å². The monoisotopic (exact) mass is 316 g/mol. The molecule has 1 saturated carbocycles. The summed E-state index contributed by atoms with van der Waals surface area (Å²) in [7, 11) is 0. The first-order chi connectivity index (χ1) is 10.6. The molecule has 1 aromatic carbocycles. The van der Waals surface area contributed by atoms with Gasteiger partial charge in [0.05, 0.1) is 11.8 Å². The summed E-state index contributed by atoms with van der Waals surface area (Å²) in [6.45, 7) is 2.40. The molecule has 1 aliphatic carbocycles. The molecule has 0 spiro atoms. The lowest BCUT2D eigenvalue weighted by Gasteiger charge is -2.14. The van der Waals surface area contributed by atoms with Crippen molar-refractivity contribution in [1.82, 2.24) is 10.3 Å². The fourth-order valence-electron chi connectivity index (χ4n) is 2.87. The van der Waals surface area contributed by atoms with Crippen LogP contribution in [0.5, 0.6) is 0 Å². The number of hydrogen-bond acceptors (Lipinski definition) is 4. The molecule has 0 saturated heterocycles. The highest BCUT2D eigenvalue weighted by molar-refractivity contribution is 7.17. The van der Waals surface area contributed by atoms with Gasteiger partial charge in [0, 0.05) is 18.0 Å². The van der Waals surface area contributed by atoms with E-state index in [9.17, 15) is 9.90 Å². The molecule has 3 rings (SSSR count). The molecular weight excluding hydrogens is 296 g/mol. The first-order valence-electron chi connectivity index (χ1n) is 7.64. The van der Waals surface area contributed by atoms with Gasteiger partial charge < -0.3 is 10.4 Å². The largest absolute Gasteiger partial charge is 0.393 e. The Hall–Kier alpha value is -1.72. The van der Waals surface area contributed by atoms with Crippen LogP contribution in [-0.4, -0.2) is 28.6 Å². The van der Waals surface area contributed by atoms with Crippen LogP contribution in [0.2, 0.25) is 0 Å². The van der Waals surface area contributed by atoms with Gasteiger partial charge in [-0.05, 0) is 19.8 Å². The summed E-state index contributed by atoms with van der Waals surface area (Å²) in [5.41, 5.74) is 1.79. The Balaban J connectivity index is 1.69. The Morgan fingerprint density at radius 3 is 2.82 bits per heavy atom. The lowest BCUT2D eigenvalue weighted by molar-refractivity contribution is 0.0920. The number of benzene rings is 1. The van der Waals surface area contributed by atoms with Crippen molar-refractivity contribution in [3.8, 4) is 10.6 Å². The van der Waals surface area contributed by atoms with Crippen molar-refractivity contribution in [2.24, 2.45) is 5.92 Å². The van der Waals surface area contributed by atoms with Crippen molar-refractivity contribution in [1.29, 1.82) is 0 Å². The van der Waals surface area contributed by atoms with Crippen molar-refractivity contribution in [3.63, 3.8) is 0 Å². The molecule has 1 aliphatic rings. The highest BCUT2D eigenvalue weighted by atomic mass is 32.1. The van der Waals surface area contributed by atoms with Crippen LogP contribution in [0, 0.1) is 12.8 Å². The zero-order valence-corrected chi connectivity index (χ0v) is 13.4. The molecule has 0 radical (unpaired) electrons. The van der Waals surface area contributed by atoms with Crippen LogP contribution in [-0.2, 0) is 0 Å². The second kappa shape index (κ2) is 6.58. The first-order valence-corrected chi connectivity index (χ1v) is 8.46. The highest BCUT2D eigenvalue weighted by Crippen LogP contribution is 2.28. The number of nitrogens with zero attached hydrogens (tertiary/aromatic N) is 1. The molecule has 5 heteroatoms. The standard InChI is InChI=1S/C17H20N2O2S/c1-11-15(16(21)18-10-13-8-5-9-14(13)20)22-17(19-11)12-6-3-2-4-7-12/h2-4,6-7,13-14,20H,5,8-10H2,1H3,(H,18,21). The zero-order chi connectivity index (χ0) is 15.5. The summed E-state index contributed by atoms with van der Waals surface area (Å²) < 4.78 is 0. The minimum Gasteiger partial charge on any atom is -0.393 e. The summed E-state index contributed by atoms with van der Waals surface area (Å²) in [5.74, 6) is 0.0991. The molecule has 2 aromatic rings. The Morgan fingerprint density at radius 2 is 2.14 bits per heavy atom. The number of hydrogen-bond donors (Lipinski definition) is 2. The number of carbonyl (C=O) groups is 1. The topological polar surface area (TPSA) is 62.2 Å². The van der Waals surface area contributed by atoms with Crippen LogP contribution in [0.15, 0.2) is 30.3 Å². The Labute approximate surface area is 134 Å². The number of nitrogens with one attached hydrogen (secondary N) is 1. The van der Waals surface area contributed by atoms with Crippen molar-refractivity contribution >= 4 is 17.2 Å². The predicted molar refractivity (Wildman–Crippen MR) is 88.0 cm³/mol. The minimum atomic E-state index is -0.275. The van der Waals surface area contributed by atoms with E-state index in [1.54, 1.807) is 0 Å². The number of aliphatic hydroxyl groups excluding tert-OH is 1. The Morgan fingerprint density at radius 1 is 1.36 bits per heavy atom. The normalized spacial score (nSPS) is 21.0. The third-order valence-electron chi connectivity index (χ3n) is 4.17. The smallest absolute Gasteiger partial charge is 0.263 e. The number of amides is 1. The number of aryl methyl sites for hydroxylation is 1. The van der Waals surface area contributed by atoms with E-state index in [0.717, 1.165) is 35.5 Å². The predicted octanol–water partition coefficient (Wildman–Crippen LogP) is 3.01. The second-order valence-corrected chi connectivity index (χ2v) is 6.77. The lowest BCUT2D eigenvalue weighted by Crippen LogP contribution is -2.32. The van der Waals surface area contributed by atoms with Crippen LogP contribution >= 0.6 is 11.3 Å². The van der Waals surface area contributed by atoms with Gasteiger partial charge >= 0.3 is 0 Å². The first kappa shape index (κ1) is 15.2. The van der Waals surface area contributed by atoms with Gasteiger partial charge in [-0.3, -0.25) is 4.79 Å². The van der Waals surface area contributed by atoms with Crippen molar-refractivity contribution in [2.45, 2.75) is 32.3 Å². The molecule has 4 nitrogen and oxygen atoms in total. The van der Waals surface area contributed by atoms with Crippen LogP contribution in [0.3, 0.4) is 0 Å². The molecule has 2 atom stereocenters. The van der Waals surface area contributed by atoms with Gasteiger partial charge in [-0.25, -0.2) is 4.98 Å². The fraction of sp³-hybridized carbons (Fsp3) is 0.412. The summed E-state index contributed by atoms with van der Waals surface area (Å²) in [6.07, 6.45) is 2.60. The SMILES string of the molecule is Cc1nc(-c2ccccc2)sc1C(=O)NCC1CCCC1O. The average molecular weight is 316 g/mol. The van der Waals surface area contributed by atoms with E-state index < -0.39 is 0 Å². The van der Waals surface area contributed by atoms with Crippen LogP contribution < -0.4 is 5.32 Å². The molecule has 22 heavy (non-hydrogen) atoms. The molecule has 1 amide bonds. The van der Waals surface area contributed by atoms with E-state index in [1.165, 1.54) is 11.3 Å². The zero-order valence-electron chi connectivity index (χ0n) is 12.6. The molecule has 2 N–H and O–H groups in total. The summed E-state index contributed by atoms with van der Waals surface area (Å²) in [6, 6.07) is 9.88. The van der Waals surface area contributed by atoms with Gasteiger partial charge in [-0.2, -0.15) is 0 Å². The van der Waals surface area contributed by atoms with Gasteiger partial charge in [0.2, 0.25) is 0 Å².